The molecule has 2 aromatic carbocycles. The molecule has 0 N–H and O–H groups in total. The molecule has 7 nitrogen and oxygen atoms in total. The topological polar surface area (TPSA) is 74.3 Å². The summed E-state index contributed by atoms with van der Waals surface area (Å²) in [5.74, 6) is -1.26. The highest BCUT2D eigenvalue weighted by atomic mass is 16.8. The number of hydrogen-bond acceptors (Lipinski definition) is 7. The van der Waals surface area contributed by atoms with E-state index in [9.17, 15) is 9.59 Å². The number of hydrogen-bond donors (Lipinski definition) is 0. The van der Waals surface area contributed by atoms with E-state index in [4.69, 9.17) is 19.0 Å². The zero-order chi connectivity index (χ0) is 23.0. The second-order valence-electron chi connectivity index (χ2n) is 7.42. The van der Waals surface area contributed by atoms with Gasteiger partial charge in [-0.2, -0.15) is 0 Å². The molecule has 7 heteroatoms. The zero-order valence-corrected chi connectivity index (χ0v) is 18.9. The summed E-state index contributed by atoms with van der Waals surface area (Å²) in [6.07, 6.45) is -0.173. The summed E-state index contributed by atoms with van der Waals surface area (Å²) in [5, 5.41) is 1.61. The van der Waals surface area contributed by atoms with Gasteiger partial charge >= 0.3 is 11.9 Å². The minimum Gasteiger partial charge on any atom is -0.465 e. The highest BCUT2D eigenvalue weighted by Crippen LogP contribution is 2.49. The van der Waals surface area contributed by atoms with Crippen LogP contribution in [0.2, 0.25) is 0 Å². The molecule has 0 aliphatic carbocycles. The van der Waals surface area contributed by atoms with Crippen LogP contribution in [0.1, 0.15) is 45.2 Å². The number of ether oxygens (including phenoxy) is 3. The molecular weight excluding hydrogens is 410 g/mol. The zero-order valence-electron chi connectivity index (χ0n) is 18.9. The Bertz CT molecular complexity index is 855. The lowest BCUT2D eigenvalue weighted by Crippen LogP contribution is -2.51. The van der Waals surface area contributed by atoms with Gasteiger partial charge in [-0.3, -0.25) is 9.59 Å². The van der Waals surface area contributed by atoms with Gasteiger partial charge in [0.2, 0.25) is 0 Å². The third-order valence-corrected chi connectivity index (χ3v) is 5.46. The van der Waals surface area contributed by atoms with Gasteiger partial charge in [0.1, 0.15) is 6.04 Å². The number of nitrogens with zero attached hydrogens (tertiary/aromatic N) is 1. The van der Waals surface area contributed by atoms with Crippen molar-refractivity contribution in [2.45, 2.75) is 45.9 Å². The number of carbonyl (C=O) groups is 2. The first kappa shape index (κ1) is 23.8. The molecular formula is C25H31NO6. The Kier molecular flexibility index (Phi) is 8.25. The number of anilines is 1. The Morgan fingerprint density at radius 3 is 2.00 bits per heavy atom. The Morgan fingerprint density at radius 1 is 0.906 bits per heavy atom. The first-order valence-corrected chi connectivity index (χ1v) is 11.1. The van der Waals surface area contributed by atoms with Crippen LogP contribution in [0.4, 0.5) is 5.69 Å². The van der Waals surface area contributed by atoms with Crippen molar-refractivity contribution in [1.29, 1.82) is 0 Å². The van der Waals surface area contributed by atoms with Gasteiger partial charge in [-0.25, -0.2) is 9.90 Å². The summed E-state index contributed by atoms with van der Waals surface area (Å²) < 4.78 is 16.8. The summed E-state index contributed by atoms with van der Waals surface area (Å²) in [6.45, 7) is 6.03. The number of esters is 2. The predicted molar refractivity (Wildman–Crippen MR) is 120 cm³/mol. The summed E-state index contributed by atoms with van der Waals surface area (Å²) in [7, 11) is 0. The lowest BCUT2D eigenvalue weighted by Gasteiger charge is -2.40. The number of benzene rings is 2. The molecule has 1 aliphatic rings. The van der Waals surface area contributed by atoms with Crippen molar-refractivity contribution in [2.75, 3.05) is 24.9 Å². The monoisotopic (exact) mass is 441 g/mol. The molecule has 172 valence electrons. The first-order chi connectivity index (χ1) is 15.6. The normalized spacial score (nSPS) is 20.3. The SMILES string of the molecule is CCOC(=O)C1(C(=O)OCC)CC[C@H](OCC)ON(c2ccccc2)[C@@H]1c1ccccc1. The van der Waals surface area contributed by atoms with Crippen molar-refractivity contribution in [3.05, 3.63) is 66.2 Å². The average molecular weight is 442 g/mol. The number of hydroxylamine groups is 1. The van der Waals surface area contributed by atoms with Crippen LogP contribution in [-0.2, 0) is 28.6 Å². The molecule has 0 amide bonds. The van der Waals surface area contributed by atoms with Crippen LogP contribution < -0.4 is 5.06 Å². The predicted octanol–water partition coefficient (Wildman–Crippen LogP) is 4.43. The molecule has 0 saturated carbocycles. The molecule has 1 saturated heterocycles. The molecule has 1 aliphatic heterocycles. The van der Waals surface area contributed by atoms with E-state index >= 15 is 0 Å². The smallest absolute Gasteiger partial charge is 0.326 e. The minimum absolute atomic E-state index is 0.141. The molecule has 0 radical (unpaired) electrons. The Balaban J connectivity index is 2.27. The van der Waals surface area contributed by atoms with Gasteiger partial charge in [0, 0.05) is 13.0 Å². The van der Waals surface area contributed by atoms with Crippen LogP contribution in [0, 0.1) is 5.41 Å². The van der Waals surface area contributed by atoms with E-state index in [-0.39, 0.29) is 19.6 Å². The third-order valence-electron chi connectivity index (χ3n) is 5.46. The van der Waals surface area contributed by atoms with Crippen molar-refractivity contribution < 1.29 is 28.6 Å². The van der Waals surface area contributed by atoms with E-state index < -0.39 is 29.7 Å². The van der Waals surface area contributed by atoms with Crippen molar-refractivity contribution in [3.8, 4) is 0 Å². The van der Waals surface area contributed by atoms with Crippen LogP contribution in [0.25, 0.3) is 0 Å². The first-order valence-electron chi connectivity index (χ1n) is 11.1. The maximum absolute atomic E-state index is 13.6. The van der Waals surface area contributed by atoms with Crippen LogP contribution in [0.3, 0.4) is 0 Å². The Labute approximate surface area is 189 Å². The molecule has 0 bridgehead atoms. The van der Waals surface area contributed by atoms with Gasteiger partial charge in [0.05, 0.1) is 18.9 Å². The molecule has 2 aromatic rings. The minimum atomic E-state index is -1.64. The van der Waals surface area contributed by atoms with Crippen LogP contribution in [0.5, 0.6) is 0 Å². The van der Waals surface area contributed by atoms with Crippen molar-refractivity contribution in [3.63, 3.8) is 0 Å². The largest absolute Gasteiger partial charge is 0.465 e. The summed E-state index contributed by atoms with van der Waals surface area (Å²) in [6, 6.07) is 17.9. The standard InChI is InChI=1S/C25H31NO6/c1-4-29-21-17-18-25(23(27)30-5-2,24(28)31-6-3)22(19-13-9-7-10-14-19)26(32-21)20-15-11-8-12-16-20/h7-16,21-22H,4-6,17-18H2,1-3H3/t21-,22-/m1/s1. The lowest BCUT2D eigenvalue weighted by atomic mass is 9.73. The Hall–Kier alpha value is -2.90. The van der Waals surface area contributed by atoms with Gasteiger partial charge in [-0.1, -0.05) is 48.5 Å². The fourth-order valence-corrected chi connectivity index (χ4v) is 4.09. The second-order valence-corrected chi connectivity index (χ2v) is 7.42. The summed E-state index contributed by atoms with van der Waals surface area (Å²) in [4.78, 5) is 33.4. The average Bonchev–Trinajstić information content (AvgIpc) is 2.99. The van der Waals surface area contributed by atoms with Gasteiger partial charge < -0.3 is 14.2 Å². The molecule has 0 aromatic heterocycles. The van der Waals surface area contributed by atoms with Crippen LogP contribution in [-0.4, -0.2) is 38.0 Å². The molecule has 2 atom stereocenters. The van der Waals surface area contributed by atoms with E-state index in [1.54, 1.807) is 18.9 Å². The van der Waals surface area contributed by atoms with Crippen molar-refractivity contribution in [2.24, 2.45) is 5.41 Å². The second kappa shape index (κ2) is 11.1. The third kappa shape index (κ3) is 4.79. The van der Waals surface area contributed by atoms with E-state index in [0.29, 0.717) is 18.7 Å². The van der Waals surface area contributed by atoms with E-state index in [0.717, 1.165) is 5.56 Å². The molecule has 1 heterocycles. The van der Waals surface area contributed by atoms with Crippen LogP contribution in [0.15, 0.2) is 60.7 Å². The number of para-hydroxylation sites is 1. The van der Waals surface area contributed by atoms with E-state index in [1.165, 1.54) is 0 Å². The van der Waals surface area contributed by atoms with Gasteiger partial charge in [0.25, 0.3) is 0 Å². The van der Waals surface area contributed by atoms with Crippen molar-refractivity contribution >= 4 is 17.6 Å². The lowest BCUT2D eigenvalue weighted by molar-refractivity contribution is -0.176. The van der Waals surface area contributed by atoms with Gasteiger partial charge in [-0.05, 0) is 44.9 Å². The Morgan fingerprint density at radius 2 is 1.47 bits per heavy atom. The van der Waals surface area contributed by atoms with E-state index in [1.807, 2.05) is 67.6 Å². The quantitative estimate of drug-likeness (QED) is 0.443. The van der Waals surface area contributed by atoms with E-state index in [2.05, 4.69) is 0 Å². The molecule has 3 rings (SSSR count). The van der Waals surface area contributed by atoms with Gasteiger partial charge in [-0.15, -0.1) is 0 Å². The molecule has 0 unspecified atom stereocenters. The van der Waals surface area contributed by atoms with Crippen molar-refractivity contribution in [1.82, 2.24) is 0 Å². The number of carbonyl (C=O) groups excluding carboxylic acids is 2. The fraction of sp³-hybridized carbons (Fsp3) is 0.440. The molecule has 1 fully saturated rings. The highest BCUT2D eigenvalue weighted by Gasteiger charge is 2.60. The van der Waals surface area contributed by atoms with Gasteiger partial charge in [0.15, 0.2) is 11.7 Å². The maximum Gasteiger partial charge on any atom is 0.326 e. The van der Waals surface area contributed by atoms with Crippen LogP contribution >= 0.6 is 0 Å². The maximum atomic E-state index is 13.6. The highest BCUT2D eigenvalue weighted by molar-refractivity contribution is 6.01. The summed E-state index contributed by atoms with van der Waals surface area (Å²) >= 11 is 0. The molecule has 32 heavy (non-hydrogen) atoms. The molecule has 0 spiro atoms. The fourth-order valence-electron chi connectivity index (χ4n) is 4.09. The summed E-state index contributed by atoms with van der Waals surface area (Å²) in [5.41, 5.74) is -0.227. The number of rotatable bonds is 8.